The Balaban J connectivity index is 1.98. The number of hydrogen-bond donors (Lipinski definition) is 2. The van der Waals surface area contributed by atoms with Crippen molar-refractivity contribution in [2.75, 3.05) is 13.6 Å². The van der Waals surface area contributed by atoms with Crippen LogP contribution in [0.5, 0.6) is 0 Å². The fraction of sp³-hybridized carbons (Fsp3) is 0.231. The van der Waals surface area contributed by atoms with Crippen LogP contribution in [0.25, 0.3) is 0 Å². The van der Waals surface area contributed by atoms with Gasteiger partial charge in [0.05, 0.1) is 5.71 Å². The number of hydrogen-bond acceptors (Lipinski definition) is 5. The number of benzene rings is 2. The summed E-state index contributed by atoms with van der Waals surface area (Å²) in [5, 5.41) is 22.3. The Hall–Kier alpha value is -4.20. The van der Waals surface area contributed by atoms with Crippen molar-refractivity contribution in [3.05, 3.63) is 105 Å². The van der Waals surface area contributed by atoms with Crippen molar-refractivity contribution in [3.63, 3.8) is 0 Å². The molecule has 34 heavy (non-hydrogen) atoms. The number of rotatable bonds is 8. The molecule has 0 spiro atoms. The highest BCUT2D eigenvalue weighted by Crippen LogP contribution is 2.32. The normalized spacial score (nSPS) is 12.3. The Morgan fingerprint density at radius 2 is 1.68 bits per heavy atom. The summed E-state index contributed by atoms with van der Waals surface area (Å²) >= 11 is 0. The average Bonchev–Trinajstić information content (AvgIpc) is 2.82. The van der Waals surface area contributed by atoms with Crippen LogP contribution < -0.4 is 5.56 Å². The second-order valence-corrected chi connectivity index (χ2v) is 8.20. The molecule has 0 aliphatic rings. The highest BCUT2D eigenvalue weighted by atomic mass is 16.4. The van der Waals surface area contributed by atoms with Crippen LogP contribution in [-0.2, 0) is 11.8 Å². The molecule has 2 aromatic carbocycles. The fourth-order valence-corrected chi connectivity index (χ4v) is 3.91. The van der Waals surface area contributed by atoms with Crippen LogP contribution in [0.4, 0.5) is 0 Å². The molecular weight excluding hydrogens is 434 g/mol. The van der Waals surface area contributed by atoms with Gasteiger partial charge in [0.1, 0.15) is 6.54 Å². The topological polar surface area (TPSA) is 112 Å². The predicted octanol–water partition coefficient (Wildman–Crippen LogP) is 3.25. The van der Waals surface area contributed by atoms with E-state index in [0.29, 0.717) is 23.3 Å². The molecule has 1 unspecified atom stereocenters. The third-order valence-corrected chi connectivity index (χ3v) is 5.78. The first-order chi connectivity index (χ1) is 16.2. The Labute approximate surface area is 197 Å². The van der Waals surface area contributed by atoms with E-state index in [4.69, 9.17) is 5.11 Å². The molecule has 1 amide bonds. The lowest BCUT2D eigenvalue weighted by molar-refractivity contribution is -0.137. The smallest absolute Gasteiger partial charge is 0.323 e. The van der Waals surface area contributed by atoms with Gasteiger partial charge in [0, 0.05) is 49.8 Å². The fourth-order valence-electron chi connectivity index (χ4n) is 3.91. The summed E-state index contributed by atoms with van der Waals surface area (Å²) in [6.07, 6.45) is 1.98. The number of aryl methyl sites for hydroxylation is 2. The van der Waals surface area contributed by atoms with E-state index in [1.54, 1.807) is 31.4 Å². The summed E-state index contributed by atoms with van der Waals surface area (Å²) in [5.74, 6) is -1.66. The Kier molecular flexibility index (Phi) is 7.63. The molecule has 0 radical (unpaired) electrons. The van der Waals surface area contributed by atoms with Crippen LogP contribution in [0.3, 0.4) is 0 Å². The molecule has 176 valence electrons. The Bertz CT molecular complexity index is 1280. The van der Waals surface area contributed by atoms with Crippen molar-refractivity contribution in [1.82, 2.24) is 9.47 Å². The highest BCUT2D eigenvalue weighted by molar-refractivity contribution is 6.00. The van der Waals surface area contributed by atoms with Crippen LogP contribution in [-0.4, -0.2) is 51.0 Å². The van der Waals surface area contributed by atoms with Crippen molar-refractivity contribution < 1.29 is 19.9 Å². The lowest BCUT2D eigenvalue weighted by Gasteiger charge is -2.22. The number of oxime groups is 1. The van der Waals surface area contributed by atoms with Gasteiger partial charge in [-0.1, -0.05) is 41.6 Å². The number of carboxylic acids is 1. The number of pyridine rings is 1. The van der Waals surface area contributed by atoms with Crippen LogP contribution in [0.1, 0.15) is 45.0 Å². The molecule has 0 fully saturated rings. The summed E-state index contributed by atoms with van der Waals surface area (Å²) in [5.41, 5.74) is 4.27. The van der Waals surface area contributed by atoms with Crippen molar-refractivity contribution in [3.8, 4) is 0 Å². The quantitative estimate of drug-likeness (QED) is 0.304. The van der Waals surface area contributed by atoms with Crippen LogP contribution in [0, 0.1) is 6.92 Å². The zero-order valence-corrected chi connectivity index (χ0v) is 19.3. The average molecular weight is 462 g/mol. The monoisotopic (exact) mass is 461 g/mol. The van der Waals surface area contributed by atoms with Gasteiger partial charge in [0.2, 0.25) is 5.56 Å². The molecule has 0 aliphatic carbocycles. The van der Waals surface area contributed by atoms with E-state index >= 15 is 0 Å². The minimum Gasteiger partial charge on any atom is -0.480 e. The van der Waals surface area contributed by atoms with Gasteiger partial charge in [0.15, 0.2) is 0 Å². The van der Waals surface area contributed by atoms with Gasteiger partial charge in [0.25, 0.3) is 5.91 Å². The van der Waals surface area contributed by atoms with E-state index in [1.807, 2.05) is 43.3 Å². The highest BCUT2D eigenvalue weighted by Gasteiger charge is 2.22. The molecule has 1 heterocycles. The standard InChI is InChI=1S/C26H27N3O5/c1-17-6-4-5-7-21(17)22(14-23(27-34)20-12-13-24(30)28(2)15-20)18-8-10-19(11-9-18)26(33)29(3)16-25(31)32/h4-13,15,22,34H,14,16H2,1-3H3,(H,31,32). The molecular formula is C26H27N3O5. The molecule has 8 nitrogen and oxygen atoms in total. The molecule has 3 aromatic rings. The summed E-state index contributed by atoms with van der Waals surface area (Å²) < 4.78 is 1.43. The summed E-state index contributed by atoms with van der Waals surface area (Å²) in [4.78, 5) is 36.4. The third kappa shape index (κ3) is 5.58. The van der Waals surface area contributed by atoms with E-state index in [9.17, 15) is 19.6 Å². The number of carbonyl (C=O) groups excluding carboxylic acids is 1. The zero-order valence-electron chi connectivity index (χ0n) is 19.3. The lowest BCUT2D eigenvalue weighted by Crippen LogP contribution is -2.31. The molecule has 0 saturated carbocycles. The number of amides is 1. The molecule has 8 heteroatoms. The van der Waals surface area contributed by atoms with E-state index in [-0.39, 0.29) is 23.9 Å². The number of likely N-dealkylation sites (N-methyl/N-ethyl adjacent to an activating group) is 1. The molecule has 1 aromatic heterocycles. The van der Waals surface area contributed by atoms with Gasteiger partial charge in [-0.3, -0.25) is 14.4 Å². The number of aliphatic carboxylic acids is 1. The molecule has 0 aliphatic heterocycles. The van der Waals surface area contributed by atoms with Gasteiger partial charge in [-0.15, -0.1) is 0 Å². The minimum atomic E-state index is -1.08. The Morgan fingerprint density at radius 1 is 1.03 bits per heavy atom. The first-order valence-electron chi connectivity index (χ1n) is 10.7. The van der Waals surface area contributed by atoms with Crippen molar-refractivity contribution in [1.29, 1.82) is 0 Å². The van der Waals surface area contributed by atoms with Crippen molar-refractivity contribution >= 4 is 17.6 Å². The van der Waals surface area contributed by atoms with Crippen molar-refractivity contribution in [2.24, 2.45) is 12.2 Å². The van der Waals surface area contributed by atoms with Gasteiger partial charge in [-0.2, -0.15) is 0 Å². The number of nitrogens with zero attached hydrogens (tertiary/aromatic N) is 3. The lowest BCUT2D eigenvalue weighted by atomic mass is 9.83. The second kappa shape index (κ2) is 10.6. The molecule has 2 N–H and O–H groups in total. The summed E-state index contributed by atoms with van der Waals surface area (Å²) in [6.45, 7) is 1.62. The number of carbonyl (C=O) groups is 2. The minimum absolute atomic E-state index is 0.162. The zero-order chi connectivity index (χ0) is 24.8. The van der Waals surface area contributed by atoms with E-state index in [2.05, 4.69) is 5.16 Å². The summed E-state index contributed by atoms with van der Waals surface area (Å²) in [6, 6.07) is 18.0. The van der Waals surface area contributed by atoms with Crippen molar-refractivity contribution in [2.45, 2.75) is 19.3 Å². The van der Waals surface area contributed by atoms with E-state index in [1.165, 1.54) is 17.7 Å². The molecule has 0 bridgehead atoms. The number of aromatic nitrogens is 1. The maximum absolute atomic E-state index is 12.5. The van der Waals surface area contributed by atoms with Gasteiger partial charge in [-0.05, 0) is 41.8 Å². The largest absolute Gasteiger partial charge is 0.480 e. The third-order valence-electron chi connectivity index (χ3n) is 5.78. The molecule has 1 atom stereocenters. The number of carboxylic acid groups (broad SMARTS) is 1. The van der Waals surface area contributed by atoms with Gasteiger partial charge >= 0.3 is 5.97 Å². The Morgan fingerprint density at radius 3 is 2.26 bits per heavy atom. The SMILES string of the molecule is Cc1ccccc1C(CC(=NO)c1ccc(=O)n(C)c1)c1ccc(C(=O)N(C)CC(=O)O)cc1. The van der Waals surface area contributed by atoms with Crippen LogP contribution in [0.15, 0.2) is 76.8 Å². The van der Waals surface area contributed by atoms with E-state index < -0.39 is 5.97 Å². The van der Waals surface area contributed by atoms with Crippen LogP contribution >= 0.6 is 0 Å². The first kappa shape index (κ1) is 24.4. The summed E-state index contributed by atoms with van der Waals surface area (Å²) in [7, 11) is 3.08. The maximum atomic E-state index is 12.5. The second-order valence-electron chi connectivity index (χ2n) is 8.20. The van der Waals surface area contributed by atoms with Crippen LogP contribution in [0.2, 0.25) is 0 Å². The van der Waals surface area contributed by atoms with E-state index in [0.717, 1.165) is 21.6 Å². The predicted molar refractivity (Wildman–Crippen MR) is 129 cm³/mol. The molecule has 0 saturated heterocycles. The van der Waals surface area contributed by atoms with Gasteiger partial charge < -0.3 is 19.8 Å². The molecule has 3 rings (SSSR count). The maximum Gasteiger partial charge on any atom is 0.323 e. The first-order valence-corrected chi connectivity index (χ1v) is 10.7. The van der Waals surface area contributed by atoms with Gasteiger partial charge in [-0.25, -0.2) is 0 Å².